The van der Waals surface area contributed by atoms with E-state index in [4.69, 9.17) is 0 Å². The first-order chi connectivity index (χ1) is 46.1. The molecule has 5 amide bonds. The lowest BCUT2D eigenvalue weighted by molar-refractivity contribution is -0.135. The summed E-state index contributed by atoms with van der Waals surface area (Å²) in [6.07, 6.45) is 20.2. The molecule has 18 heteroatoms. The van der Waals surface area contributed by atoms with Gasteiger partial charge in [-0.05, 0) is 168 Å². The Hall–Kier alpha value is -4.88. The third-order valence-corrected chi connectivity index (χ3v) is 20.3. The summed E-state index contributed by atoms with van der Waals surface area (Å²) in [6, 6.07) is 30.0. The summed E-state index contributed by atoms with van der Waals surface area (Å²) in [5, 5.41) is 9.63. The van der Waals surface area contributed by atoms with Crippen molar-refractivity contribution in [2.24, 2.45) is 38.4 Å². The first kappa shape index (κ1) is 94.1. The topological polar surface area (TPSA) is 198 Å². The quantitative estimate of drug-likeness (QED) is 0.0957. The third kappa shape index (κ3) is 43.2. The van der Waals surface area contributed by atoms with E-state index in [1.54, 1.807) is 48.5 Å². The molecule has 4 saturated carbocycles. The van der Waals surface area contributed by atoms with Crippen LogP contribution in [-0.4, -0.2) is 135 Å². The molecule has 0 saturated heterocycles. The van der Waals surface area contributed by atoms with Gasteiger partial charge in [0.25, 0.3) is 0 Å². The fourth-order valence-corrected chi connectivity index (χ4v) is 14.3. The number of nitrogens with zero attached hydrogens (tertiary/aromatic N) is 4. The van der Waals surface area contributed by atoms with E-state index in [-0.39, 0.29) is 62.9 Å². The SMILES string of the molecule is CC(=O)N(CC(C)(C)C)C1CCC1.CC(=O)N(CC(C)(C)C)C1CCC1.CC(C)(C)CN(C1CCC1)S(C)(=O)=O.CC(C)(C)NS(=O)(=O)c1ccccc1.CC(NC(=O)C(C)(C)C)c1ccccc1.CCCN(CC(C)(C)C)C(=O)Nc1ccccc1.C[C@@H](NCC(C)(C)C)C1CCCCC1. The van der Waals surface area contributed by atoms with Gasteiger partial charge in [-0.1, -0.05) is 224 Å². The molecule has 0 radical (unpaired) electrons. The molecule has 0 aromatic heterocycles. The summed E-state index contributed by atoms with van der Waals surface area (Å²) < 4.78 is 50.9. The number of hydrogen-bond acceptors (Lipinski definition) is 9. The van der Waals surface area contributed by atoms with Crippen molar-refractivity contribution in [2.45, 2.75) is 317 Å². The largest absolute Gasteiger partial charge is 0.349 e. The van der Waals surface area contributed by atoms with Gasteiger partial charge < -0.3 is 30.7 Å². The smallest absolute Gasteiger partial charge is 0.321 e. The Morgan fingerprint density at radius 3 is 1.22 bits per heavy atom. The monoisotopic (exact) mass is 1450 g/mol. The van der Waals surface area contributed by atoms with Crippen molar-refractivity contribution < 1.29 is 36.0 Å². The van der Waals surface area contributed by atoms with E-state index >= 15 is 0 Å². The van der Waals surface area contributed by atoms with Crippen LogP contribution in [-0.2, 0) is 34.4 Å². The van der Waals surface area contributed by atoms with Crippen LogP contribution in [0.5, 0.6) is 0 Å². The predicted molar refractivity (Wildman–Crippen MR) is 427 cm³/mol. The van der Waals surface area contributed by atoms with Gasteiger partial charge >= 0.3 is 6.03 Å². The molecule has 4 N–H and O–H groups in total. The van der Waals surface area contributed by atoms with E-state index in [1.807, 2.05) is 124 Å². The van der Waals surface area contributed by atoms with Gasteiger partial charge in [0.2, 0.25) is 37.8 Å². The lowest BCUT2D eigenvalue weighted by Crippen LogP contribution is -2.47. The Bertz CT molecular complexity index is 3000. The zero-order valence-electron chi connectivity index (χ0n) is 68.8. The molecule has 0 spiro atoms. The number of carbonyl (C=O) groups is 4. The zero-order valence-corrected chi connectivity index (χ0v) is 70.5. The molecule has 0 aliphatic heterocycles. The van der Waals surface area contributed by atoms with Gasteiger partial charge in [-0.15, -0.1) is 0 Å². The van der Waals surface area contributed by atoms with Crippen LogP contribution in [0.25, 0.3) is 0 Å². The number of carbonyl (C=O) groups excluding carboxylic acids is 4. The highest BCUT2D eigenvalue weighted by atomic mass is 32.2. The minimum atomic E-state index is -3.37. The molecule has 4 aliphatic carbocycles. The molecule has 0 bridgehead atoms. The lowest BCUT2D eigenvalue weighted by Gasteiger charge is -2.40. The standard InChI is InChI=1S/C15H24N2O.C13H19NO.C13H27N.2C11H21NO.C10H21NO2S.C10H15NO2S/c1-5-11-17(12-15(2,3)4)14(18)16-13-9-7-6-8-10-13;1-10(11-8-6-5-7-9-11)14-12(15)13(2,3)4;1-11(14-10-13(2,3)4)12-8-6-5-7-9-12;2*1-9(13)12(8-11(2,3)4)10-6-5-7-10;1-10(2,3)8-11(14(4,12)13)9-6-5-7-9;1-10(2,3)11-14(12,13)9-7-5-4-6-8-9/h6-10H,5,11-12H2,1-4H3,(H,16,18);5-10H,1-4H3,(H,14,15);11-12,14H,5-10H2,1-4H3;2*10H,5-8H2,1-4H3;9H,5-8H2,1-4H3;4-8,11H,1-3H3/t;;11-;;;;/m..1..../s1. The summed E-state index contributed by atoms with van der Waals surface area (Å²) in [5.41, 5.74) is 2.22. The Morgan fingerprint density at radius 1 is 0.495 bits per heavy atom. The second-order valence-corrected chi connectivity index (χ2v) is 40.6. The van der Waals surface area contributed by atoms with Crippen molar-refractivity contribution in [2.75, 3.05) is 50.8 Å². The average molecular weight is 1450 g/mol. The normalized spacial score (nSPS) is 16.2. The number of anilines is 1. The van der Waals surface area contributed by atoms with E-state index < -0.39 is 25.6 Å². The number of para-hydroxylation sites is 1. The predicted octanol–water partition coefficient (Wildman–Crippen LogP) is 19.0. The van der Waals surface area contributed by atoms with E-state index in [2.05, 4.69) is 138 Å². The molecule has 3 aromatic rings. The Balaban J connectivity index is 0.000000591. The first-order valence-corrected chi connectivity index (χ1v) is 41.3. The van der Waals surface area contributed by atoms with Crippen molar-refractivity contribution in [3.63, 3.8) is 0 Å². The van der Waals surface area contributed by atoms with Crippen LogP contribution in [0.4, 0.5) is 10.5 Å². The summed E-state index contributed by atoms with van der Waals surface area (Å²) in [7, 11) is -6.39. The number of rotatable bonds is 18. The van der Waals surface area contributed by atoms with Crippen LogP contribution in [0.2, 0.25) is 0 Å². The fourth-order valence-electron chi connectivity index (χ4n) is 11.5. The maximum Gasteiger partial charge on any atom is 0.321 e. The van der Waals surface area contributed by atoms with Crippen LogP contribution in [0.1, 0.15) is 288 Å². The molecule has 4 aliphatic rings. The minimum absolute atomic E-state index is 0.0158. The molecule has 101 heavy (non-hydrogen) atoms. The van der Waals surface area contributed by atoms with E-state index in [0.29, 0.717) is 28.9 Å². The van der Waals surface area contributed by atoms with Crippen LogP contribution >= 0.6 is 0 Å². The van der Waals surface area contributed by atoms with Crippen molar-refractivity contribution in [1.29, 1.82) is 0 Å². The van der Waals surface area contributed by atoms with Gasteiger partial charge in [0.1, 0.15) is 0 Å². The van der Waals surface area contributed by atoms with Crippen LogP contribution in [0.15, 0.2) is 95.9 Å². The van der Waals surface area contributed by atoms with Crippen LogP contribution < -0.4 is 20.7 Å². The first-order valence-electron chi connectivity index (χ1n) is 37.9. The molecule has 2 atom stereocenters. The zero-order chi connectivity index (χ0) is 77.6. The summed E-state index contributed by atoms with van der Waals surface area (Å²) in [5.74, 6) is 1.49. The van der Waals surface area contributed by atoms with Gasteiger partial charge in [0.15, 0.2) is 0 Å². The third-order valence-electron chi connectivity index (χ3n) is 17.3. The maximum atomic E-state index is 12.2. The molecular weight excluding hydrogens is 1300 g/mol. The van der Waals surface area contributed by atoms with Gasteiger partial charge in [-0.2, -0.15) is 4.31 Å². The number of hydrogen-bond donors (Lipinski definition) is 4. The fraction of sp³-hybridized carbons (Fsp3) is 0.735. The van der Waals surface area contributed by atoms with Crippen molar-refractivity contribution in [1.82, 2.24) is 34.4 Å². The Labute approximate surface area is 619 Å². The molecule has 4 fully saturated rings. The van der Waals surface area contributed by atoms with E-state index in [0.717, 1.165) is 75.2 Å². The Kier molecular flexibility index (Phi) is 40.0. The molecule has 7 rings (SSSR count). The average Bonchev–Trinajstić information content (AvgIpc) is 0.827. The molecule has 3 aromatic carbocycles. The minimum Gasteiger partial charge on any atom is -0.349 e. The van der Waals surface area contributed by atoms with Crippen molar-refractivity contribution >= 4 is 49.5 Å². The highest BCUT2D eigenvalue weighted by molar-refractivity contribution is 7.89. The molecule has 0 heterocycles. The number of urea groups is 1. The Morgan fingerprint density at radius 2 is 0.891 bits per heavy atom. The number of nitrogens with one attached hydrogen (secondary N) is 4. The second kappa shape index (κ2) is 42.9. The number of benzene rings is 3. The van der Waals surface area contributed by atoms with Gasteiger partial charge in [-0.25, -0.2) is 26.4 Å². The number of sulfonamides is 2. The van der Waals surface area contributed by atoms with Crippen LogP contribution in [0.3, 0.4) is 0 Å². The van der Waals surface area contributed by atoms with Crippen LogP contribution in [0, 0.1) is 38.4 Å². The summed E-state index contributed by atoms with van der Waals surface area (Å²) in [4.78, 5) is 53.0. The maximum absolute atomic E-state index is 12.2. The van der Waals surface area contributed by atoms with E-state index in [9.17, 15) is 36.0 Å². The number of amides is 5. The summed E-state index contributed by atoms with van der Waals surface area (Å²) in [6.45, 7) is 58.8. The molecular formula is C83H148N8O8S2. The van der Waals surface area contributed by atoms with Gasteiger partial charge in [0.05, 0.1) is 17.2 Å². The highest BCUT2D eigenvalue weighted by Crippen LogP contribution is 2.32. The lowest BCUT2D eigenvalue weighted by atomic mass is 9.84. The van der Waals surface area contributed by atoms with E-state index in [1.165, 1.54) is 83.3 Å². The summed E-state index contributed by atoms with van der Waals surface area (Å²) >= 11 is 0. The van der Waals surface area contributed by atoms with Gasteiger partial charge in [-0.3, -0.25) is 14.4 Å². The molecule has 580 valence electrons. The molecule has 1 unspecified atom stereocenters. The highest BCUT2D eigenvalue weighted by Gasteiger charge is 2.35. The van der Waals surface area contributed by atoms with Crippen molar-refractivity contribution in [3.8, 4) is 0 Å². The van der Waals surface area contributed by atoms with Crippen molar-refractivity contribution in [3.05, 3.63) is 96.6 Å². The molecule has 16 nitrogen and oxygen atoms in total. The second-order valence-electron chi connectivity index (χ2n) is 37.0. The van der Waals surface area contributed by atoms with Gasteiger partial charge in [0, 0.05) is 93.9 Å².